The lowest BCUT2D eigenvalue weighted by Gasteiger charge is -2.35. The van der Waals surface area contributed by atoms with E-state index >= 15 is 0 Å². The predicted molar refractivity (Wildman–Crippen MR) is 278 cm³/mol. The van der Waals surface area contributed by atoms with E-state index in [9.17, 15) is 33.9 Å². The monoisotopic (exact) mass is 1060 g/mol. The lowest BCUT2D eigenvalue weighted by Crippen LogP contribution is -2.52. The fraction of sp³-hybridized carbons (Fsp3) is 0.304. The average molecular weight is 1060 g/mol. The molecule has 2 N–H and O–H groups in total. The van der Waals surface area contributed by atoms with Crippen LogP contribution in [-0.2, 0) is 47.5 Å². The third-order valence-electron chi connectivity index (χ3n) is 14.4. The molecule has 3 aliphatic rings. The number of benzene rings is 5. The first-order chi connectivity index (χ1) is 35.9. The summed E-state index contributed by atoms with van der Waals surface area (Å²) in [4.78, 5) is 82.2. The maximum atomic E-state index is 13.6. The van der Waals surface area contributed by atoms with Crippen LogP contribution in [0.4, 0.5) is 0 Å². The number of carbonyl (C=O) groups is 6. The molecule has 5 aromatic carbocycles. The number of aryl methyl sites for hydroxylation is 2. The first-order valence-corrected chi connectivity index (χ1v) is 25.5. The zero-order valence-electron chi connectivity index (χ0n) is 41.0. The van der Waals surface area contributed by atoms with Gasteiger partial charge in [0.15, 0.2) is 12.9 Å². The summed E-state index contributed by atoms with van der Waals surface area (Å²) in [6.07, 6.45) is 2.13. The van der Waals surface area contributed by atoms with E-state index < -0.39 is 17.9 Å². The number of aromatic carboxylic acids is 1. The molecule has 380 valence electrons. The highest BCUT2D eigenvalue weighted by Gasteiger charge is 2.40. The Bertz CT molecular complexity index is 3370. The normalized spacial score (nSPS) is 15.9. The van der Waals surface area contributed by atoms with Crippen molar-refractivity contribution in [3.8, 4) is 28.4 Å². The number of aldehydes is 1. The molecular formula is C56H54BrN7O10. The number of nitrogens with one attached hydrogen (secondary N) is 1. The summed E-state index contributed by atoms with van der Waals surface area (Å²) in [5.74, 6) is -0.790. The lowest BCUT2D eigenvalue weighted by molar-refractivity contribution is -0.137. The molecule has 18 heteroatoms. The molecule has 1 atom stereocenters. The van der Waals surface area contributed by atoms with Crippen LogP contribution in [0.3, 0.4) is 0 Å². The Balaban J connectivity index is 0.869. The molecule has 5 heterocycles. The van der Waals surface area contributed by atoms with Gasteiger partial charge in [-0.25, -0.2) is 4.79 Å². The average Bonchev–Trinajstić information content (AvgIpc) is 4.03. The molecule has 7 aromatic rings. The fourth-order valence-electron chi connectivity index (χ4n) is 10.5. The molecule has 2 aromatic heterocycles. The van der Waals surface area contributed by atoms with Crippen molar-refractivity contribution in [3.05, 3.63) is 141 Å². The number of rotatable bonds is 18. The number of piperidine rings is 1. The number of nitrogens with zero attached hydrogens (tertiary/aromatic N) is 6. The van der Waals surface area contributed by atoms with Crippen molar-refractivity contribution in [2.45, 2.75) is 58.3 Å². The molecule has 2 fully saturated rings. The highest BCUT2D eigenvalue weighted by atomic mass is 79.9. The van der Waals surface area contributed by atoms with Crippen LogP contribution in [0.2, 0.25) is 0 Å². The third kappa shape index (κ3) is 9.86. The molecule has 0 aliphatic carbocycles. The molecule has 1 unspecified atom stereocenters. The standard InChI is InChI=1S/C56H54BrN7O10/c1-34-51(45(59-60(34)2)32-73-37-18-19-44(57)36(29-37)31-65)42-14-6-12-39-40(15-8-28-72-47-16-5-10-35-9-3-4-11-38(35)47)53(56(70)71)63(52(39)42)27-24-61-22-25-62(26-23-61)50(67)33-74-48-17-7-13-41-43(48)30-64(55(41)69)46-20-21-49(66)58-54(46)68/h3-7,9-14,16-19,29,31,46H,8,15,20-28,30,32-33H2,1-2H3,(H,70,71)(H,58,66,68). The van der Waals surface area contributed by atoms with E-state index in [1.54, 1.807) is 46.0 Å². The van der Waals surface area contributed by atoms with E-state index in [4.69, 9.17) is 19.3 Å². The highest BCUT2D eigenvalue weighted by Crippen LogP contribution is 2.39. The minimum absolute atomic E-state index is 0.0859. The van der Waals surface area contributed by atoms with Gasteiger partial charge in [-0.2, -0.15) is 5.10 Å². The van der Waals surface area contributed by atoms with Gasteiger partial charge >= 0.3 is 5.97 Å². The quantitative estimate of drug-likeness (QED) is 0.0494. The lowest BCUT2D eigenvalue weighted by atomic mass is 9.98. The van der Waals surface area contributed by atoms with Crippen LogP contribution in [0, 0.1) is 6.92 Å². The summed E-state index contributed by atoms with van der Waals surface area (Å²) in [5, 5.41) is 21.2. The predicted octanol–water partition coefficient (Wildman–Crippen LogP) is 7.35. The zero-order valence-corrected chi connectivity index (χ0v) is 42.6. The molecule has 0 bridgehead atoms. The first kappa shape index (κ1) is 49.7. The second-order valence-corrected chi connectivity index (χ2v) is 19.6. The van der Waals surface area contributed by atoms with Gasteiger partial charge in [0.25, 0.3) is 11.8 Å². The molecule has 4 amide bonds. The molecule has 2 saturated heterocycles. The van der Waals surface area contributed by atoms with E-state index in [0.717, 1.165) is 50.5 Å². The minimum Gasteiger partial charge on any atom is -0.493 e. The van der Waals surface area contributed by atoms with Crippen molar-refractivity contribution in [2.24, 2.45) is 7.05 Å². The van der Waals surface area contributed by atoms with Gasteiger partial charge in [0.05, 0.1) is 18.7 Å². The van der Waals surface area contributed by atoms with E-state index in [0.29, 0.717) is 103 Å². The van der Waals surface area contributed by atoms with Crippen molar-refractivity contribution in [1.29, 1.82) is 0 Å². The van der Waals surface area contributed by atoms with Gasteiger partial charge in [0, 0.05) is 101 Å². The highest BCUT2D eigenvalue weighted by molar-refractivity contribution is 9.10. The van der Waals surface area contributed by atoms with Gasteiger partial charge < -0.3 is 33.7 Å². The summed E-state index contributed by atoms with van der Waals surface area (Å²) in [5.41, 5.74) is 6.25. The number of fused-ring (bicyclic) bond motifs is 3. The summed E-state index contributed by atoms with van der Waals surface area (Å²) < 4.78 is 23.0. The number of amides is 4. The Morgan fingerprint density at radius 3 is 2.41 bits per heavy atom. The Kier molecular flexibility index (Phi) is 14.3. The van der Waals surface area contributed by atoms with Gasteiger partial charge in [-0.15, -0.1) is 0 Å². The van der Waals surface area contributed by atoms with Crippen LogP contribution in [0.25, 0.3) is 32.8 Å². The number of ether oxygens (including phenoxy) is 3. The number of carbonyl (C=O) groups excluding carboxylic acids is 5. The number of carboxylic acid groups (broad SMARTS) is 1. The smallest absolute Gasteiger partial charge is 0.352 e. The third-order valence-corrected chi connectivity index (χ3v) is 15.1. The number of halogens is 1. The maximum Gasteiger partial charge on any atom is 0.352 e. The Morgan fingerprint density at radius 1 is 0.865 bits per heavy atom. The van der Waals surface area contributed by atoms with Crippen LogP contribution in [0.1, 0.15) is 73.0 Å². The Hall–Kier alpha value is -7.83. The van der Waals surface area contributed by atoms with Crippen LogP contribution in [-0.4, -0.2) is 122 Å². The fourth-order valence-corrected chi connectivity index (χ4v) is 10.9. The topological polar surface area (TPSA) is 195 Å². The molecule has 0 radical (unpaired) electrons. The summed E-state index contributed by atoms with van der Waals surface area (Å²) in [7, 11) is 1.86. The van der Waals surface area contributed by atoms with Crippen LogP contribution in [0.15, 0.2) is 102 Å². The number of imide groups is 1. The summed E-state index contributed by atoms with van der Waals surface area (Å²) in [6.45, 7) is 5.08. The van der Waals surface area contributed by atoms with Gasteiger partial charge in [-0.1, -0.05) is 76.6 Å². The SMILES string of the molecule is Cc1c(-c2cccc3c(CCCOc4cccc5ccccc45)c(C(=O)O)n(CCN4CCN(C(=O)COc5cccc6c5CN(C5CCC(=O)NC5=O)C6=O)CC4)c23)c(COc2ccc(Br)c(C=O)c2)nn1C. The van der Waals surface area contributed by atoms with Gasteiger partial charge in [0.2, 0.25) is 11.8 Å². The number of hydrogen-bond donors (Lipinski definition) is 2. The van der Waals surface area contributed by atoms with Crippen molar-refractivity contribution in [2.75, 3.05) is 45.9 Å². The molecule has 0 saturated carbocycles. The van der Waals surface area contributed by atoms with E-state index in [2.05, 4.69) is 26.1 Å². The zero-order chi connectivity index (χ0) is 51.6. The molecular weight excluding hydrogens is 1010 g/mol. The number of hydrogen-bond acceptors (Lipinski definition) is 11. The van der Waals surface area contributed by atoms with Crippen molar-refractivity contribution in [1.82, 2.24) is 34.4 Å². The van der Waals surface area contributed by atoms with E-state index in [1.165, 1.54) is 4.90 Å². The molecule has 10 rings (SSSR count). The first-order valence-electron chi connectivity index (χ1n) is 24.7. The summed E-state index contributed by atoms with van der Waals surface area (Å²) >= 11 is 3.41. The molecule has 17 nitrogen and oxygen atoms in total. The van der Waals surface area contributed by atoms with Crippen molar-refractivity contribution < 1.29 is 48.1 Å². The van der Waals surface area contributed by atoms with Crippen LogP contribution < -0.4 is 19.5 Å². The van der Waals surface area contributed by atoms with E-state index in [-0.39, 0.29) is 56.0 Å². The second kappa shape index (κ2) is 21.3. The Labute approximate surface area is 434 Å². The van der Waals surface area contributed by atoms with Crippen LogP contribution in [0.5, 0.6) is 17.2 Å². The van der Waals surface area contributed by atoms with E-state index in [1.807, 2.05) is 79.2 Å². The van der Waals surface area contributed by atoms with Gasteiger partial charge in [0.1, 0.15) is 41.3 Å². The number of para-hydroxylation sites is 1. The molecule has 74 heavy (non-hydrogen) atoms. The maximum absolute atomic E-state index is 13.6. The number of aromatic nitrogens is 3. The minimum atomic E-state index is -1.04. The van der Waals surface area contributed by atoms with Crippen molar-refractivity contribution in [3.63, 3.8) is 0 Å². The number of piperazine rings is 1. The van der Waals surface area contributed by atoms with Gasteiger partial charge in [-0.3, -0.25) is 38.9 Å². The molecule has 0 spiro atoms. The van der Waals surface area contributed by atoms with Crippen molar-refractivity contribution >= 4 is 73.5 Å². The second-order valence-electron chi connectivity index (χ2n) is 18.7. The largest absolute Gasteiger partial charge is 0.493 e. The van der Waals surface area contributed by atoms with Gasteiger partial charge in [-0.05, 0) is 73.5 Å². The Morgan fingerprint density at radius 2 is 1.61 bits per heavy atom. The number of carboxylic acids is 1. The van der Waals surface area contributed by atoms with Crippen LogP contribution >= 0.6 is 15.9 Å². The molecule has 3 aliphatic heterocycles. The summed E-state index contributed by atoms with van der Waals surface area (Å²) in [6, 6.07) is 29.4.